The molecule has 0 radical (unpaired) electrons. The Morgan fingerprint density at radius 3 is 1.94 bits per heavy atom. The van der Waals surface area contributed by atoms with Crippen molar-refractivity contribution in [3.63, 3.8) is 0 Å². The van der Waals surface area contributed by atoms with E-state index in [1.54, 1.807) is 13.0 Å². The van der Waals surface area contributed by atoms with Gasteiger partial charge in [0.15, 0.2) is 0 Å². The lowest BCUT2D eigenvalue weighted by Gasteiger charge is -2.25. The van der Waals surface area contributed by atoms with Crippen LogP contribution in [-0.4, -0.2) is 46.8 Å². The largest absolute Gasteiger partial charge is 0.388 e. The van der Waals surface area contributed by atoms with Crippen LogP contribution in [0.2, 0.25) is 0 Å². The molecule has 0 aliphatic rings. The van der Waals surface area contributed by atoms with Gasteiger partial charge in [0.25, 0.3) is 0 Å². The number of hydrogen-bond acceptors (Lipinski definition) is 4. The fourth-order valence-corrected chi connectivity index (χ4v) is 1.12. The van der Waals surface area contributed by atoms with E-state index in [0.717, 1.165) is 0 Å². The van der Waals surface area contributed by atoms with Crippen LogP contribution < -0.4 is 0 Å². The Morgan fingerprint density at radius 2 is 1.56 bits per heavy atom. The predicted molar refractivity (Wildman–Crippen MR) is 63.1 cm³/mol. The first kappa shape index (κ1) is 15.6. The smallest absolute Gasteiger partial charge is 0.112 e. The maximum absolute atomic E-state index is 9.65. The van der Waals surface area contributed by atoms with Crippen LogP contribution in [-0.2, 0) is 4.74 Å². The van der Waals surface area contributed by atoms with Gasteiger partial charge in [-0.15, -0.1) is 0 Å². The Labute approximate surface area is 97.6 Å². The first-order valence-corrected chi connectivity index (χ1v) is 5.45. The molecule has 0 saturated carbocycles. The van der Waals surface area contributed by atoms with Gasteiger partial charge >= 0.3 is 0 Å². The zero-order chi connectivity index (χ0) is 12.9. The minimum absolute atomic E-state index is 0.0709. The van der Waals surface area contributed by atoms with Gasteiger partial charge in [-0.1, -0.05) is 32.9 Å². The van der Waals surface area contributed by atoms with Crippen molar-refractivity contribution in [2.75, 3.05) is 7.11 Å². The fourth-order valence-electron chi connectivity index (χ4n) is 1.12. The molecule has 96 valence electrons. The molecule has 3 N–H and O–H groups in total. The number of rotatable bonds is 5. The molecule has 16 heavy (non-hydrogen) atoms. The monoisotopic (exact) mass is 232 g/mol. The van der Waals surface area contributed by atoms with E-state index in [0.29, 0.717) is 0 Å². The molecule has 4 atom stereocenters. The Kier molecular flexibility index (Phi) is 6.18. The first-order valence-electron chi connectivity index (χ1n) is 5.45. The Hall–Kier alpha value is -0.420. The highest BCUT2D eigenvalue weighted by Gasteiger charge is 2.27. The minimum atomic E-state index is -1.24. The molecule has 0 aliphatic heterocycles. The highest BCUT2D eigenvalue weighted by Crippen LogP contribution is 2.16. The molecule has 4 heteroatoms. The zero-order valence-corrected chi connectivity index (χ0v) is 10.7. The van der Waals surface area contributed by atoms with E-state index in [9.17, 15) is 15.3 Å². The van der Waals surface area contributed by atoms with Gasteiger partial charge < -0.3 is 20.1 Å². The molecule has 0 rings (SSSR count). The molecule has 4 nitrogen and oxygen atoms in total. The third-order valence-electron chi connectivity index (χ3n) is 2.35. The maximum Gasteiger partial charge on any atom is 0.112 e. The molecule has 0 bridgehead atoms. The van der Waals surface area contributed by atoms with E-state index in [2.05, 4.69) is 0 Å². The van der Waals surface area contributed by atoms with Crippen LogP contribution in [0.1, 0.15) is 27.7 Å². The van der Waals surface area contributed by atoms with Gasteiger partial charge in [-0.3, -0.25) is 0 Å². The summed E-state index contributed by atoms with van der Waals surface area (Å²) in [7, 11) is 1.44. The van der Waals surface area contributed by atoms with Gasteiger partial charge in [-0.2, -0.15) is 0 Å². The Bertz CT molecular complexity index is 220. The van der Waals surface area contributed by atoms with E-state index in [4.69, 9.17) is 4.74 Å². The summed E-state index contributed by atoms with van der Waals surface area (Å²) in [5.41, 5.74) is -0.0709. The van der Waals surface area contributed by atoms with E-state index in [1.807, 2.05) is 20.8 Å². The van der Waals surface area contributed by atoms with Gasteiger partial charge in [0, 0.05) is 7.11 Å². The van der Waals surface area contributed by atoms with Crippen molar-refractivity contribution in [2.24, 2.45) is 5.41 Å². The van der Waals surface area contributed by atoms with Crippen molar-refractivity contribution in [1.29, 1.82) is 0 Å². The topological polar surface area (TPSA) is 69.9 Å². The van der Waals surface area contributed by atoms with Crippen LogP contribution in [0.3, 0.4) is 0 Å². The normalized spacial score (nSPS) is 20.8. The fraction of sp³-hybridized carbons (Fsp3) is 0.833. The van der Waals surface area contributed by atoms with Crippen LogP contribution in [0.5, 0.6) is 0 Å². The van der Waals surface area contributed by atoms with E-state index in [-0.39, 0.29) is 5.41 Å². The van der Waals surface area contributed by atoms with Gasteiger partial charge in [0.1, 0.15) is 18.3 Å². The summed E-state index contributed by atoms with van der Waals surface area (Å²) in [6.45, 7) is 7.58. The van der Waals surface area contributed by atoms with Crippen molar-refractivity contribution in [3.8, 4) is 0 Å². The van der Waals surface area contributed by atoms with Gasteiger partial charge in [0.2, 0.25) is 0 Å². The standard InChI is InChI=1S/C12H24O4/c1-8(16-5)10(14)11(15)9(13)6-7-12(2,3)4/h6-11,13-15H,1-5H3/t8-,9-,10+,11+/m1/s1. The van der Waals surface area contributed by atoms with E-state index < -0.39 is 24.4 Å². The number of ether oxygens (including phenoxy) is 1. The van der Waals surface area contributed by atoms with Crippen LogP contribution in [0, 0.1) is 5.41 Å². The summed E-state index contributed by atoms with van der Waals surface area (Å²) >= 11 is 0. The van der Waals surface area contributed by atoms with Crippen molar-refractivity contribution in [1.82, 2.24) is 0 Å². The van der Waals surface area contributed by atoms with E-state index >= 15 is 0 Å². The van der Waals surface area contributed by atoms with Crippen molar-refractivity contribution in [3.05, 3.63) is 12.2 Å². The van der Waals surface area contributed by atoms with Crippen molar-refractivity contribution >= 4 is 0 Å². The lowest BCUT2D eigenvalue weighted by molar-refractivity contribution is -0.0982. The summed E-state index contributed by atoms with van der Waals surface area (Å²) in [4.78, 5) is 0. The summed E-state index contributed by atoms with van der Waals surface area (Å²) in [5.74, 6) is 0. The second kappa shape index (κ2) is 6.35. The number of methoxy groups -OCH3 is 1. The Balaban J connectivity index is 4.39. The van der Waals surface area contributed by atoms with Crippen LogP contribution in [0.4, 0.5) is 0 Å². The van der Waals surface area contributed by atoms with Gasteiger partial charge in [-0.05, 0) is 12.3 Å². The lowest BCUT2D eigenvalue weighted by atomic mass is 9.94. The molecular weight excluding hydrogens is 208 g/mol. The molecule has 0 amide bonds. The zero-order valence-electron chi connectivity index (χ0n) is 10.7. The number of aliphatic hydroxyl groups excluding tert-OH is 3. The SMILES string of the molecule is CO[C@H](C)[C@H](O)[C@@H](O)[C@H](O)C=CC(C)(C)C. The average Bonchev–Trinajstić information content (AvgIpc) is 2.21. The molecule has 0 heterocycles. The quantitative estimate of drug-likeness (QED) is 0.610. The summed E-state index contributed by atoms with van der Waals surface area (Å²) in [6.07, 6.45) is -0.667. The van der Waals surface area contributed by atoms with Gasteiger partial charge in [-0.25, -0.2) is 0 Å². The first-order chi connectivity index (χ1) is 7.19. The average molecular weight is 232 g/mol. The molecule has 0 aromatic heterocycles. The minimum Gasteiger partial charge on any atom is -0.388 e. The number of allylic oxidation sites excluding steroid dienone is 1. The maximum atomic E-state index is 9.65. The molecule has 0 aliphatic carbocycles. The third kappa shape index (κ3) is 5.61. The van der Waals surface area contributed by atoms with Crippen molar-refractivity contribution in [2.45, 2.75) is 52.1 Å². The predicted octanol–water partition coefficient (Wildman–Crippen LogP) is 0.706. The molecule has 0 unspecified atom stereocenters. The highest BCUT2D eigenvalue weighted by molar-refractivity contribution is 5.00. The Morgan fingerprint density at radius 1 is 1.06 bits per heavy atom. The summed E-state index contributed by atoms with van der Waals surface area (Å²) < 4.78 is 4.88. The summed E-state index contributed by atoms with van der Waals surface area (Å²) in [5, 5.41) is 28.9. The molecule has 0 aromatic rings. The number of aliphatic hydroxyl groups is 3. The number of hydrogen-bond donors (Lipinski definition) is 3. The highest BCUT2D eigenvalue weighted by atomic mass is 16.5. The van der Waals surface area contributed by atoms with E-state index in [1.165, 1.54) is 13.2 Å². The molecule has 0 aromatic carbocycles. The lowest BCUT2D eigenvalue weighted by Crippen LogP contribution is -2.43. The molecule has 0 spiro atoms. The molecular formula is C12H24O4. The van der Waals surface area contributed by atoms with Crippen LogP contribution >= 0.6 is 0 Å². The van der Waals surface area contributed by atoms with Gasteiger partial charge in [0.05, 0.1) is 6.10 Å². The van der Waals surface area contributed by atoms with Crippen LogP contribution in [0.15, 0.2) is 12.2 Å². The van der Waals surface area contributed by atoms with Crippen LogP contribution in [0.25, 0.3) is 0 Å². The second-order valence-electron chi connectivity index (χ2n) is 5.14. The van der Waals surface area contributed by atoms with Crippen molar-refractivity contribution < 1.29 is 20.1 Å². The molecule has 0 fully saturated rings. The second-order valence-corrected chi connectivity index (χ2v) is 5.14. The summed E-state index contributed by atoms with van der Waals surface area (Å²) in [6, 6.07) is 0. The molecule has 0 saturated heterocycles. The third-order valence-corrected chi connectivity index (χ3v) is 2.35.